The van der Waals surface area contributed by atoms with Crippen LogP contribution in [0.15, 0.2) is 36.7 Å². The molecule has 2 aromatic carbocycles. The third-order valence-electron chi connectivity index (χ3n) is 10.2. The summed E-state index contributed by atoms with van der Waals surface area (Å²) < 4.78 is 53.4. The Kier molecular flexibility index (Phi) is 7.37. The van der Waals surface area contributed by atoms with Crippen LogP contribution in [0.1, 0.15) is 37.7 Å². The number of rotatable bonds is 5. The molecule has 6 heterocycles. The Labute approximate surface area is 278 Å². The first kappa shape index (κ1) is 30.7. The molecule has 0 spiro atoms. The Morgan fingerprint density at radius 1 is 1.17 bits per heavy atom. The van der Waals surface area contributed by atoms with Crippen LogP contribution in [0.3, 0.4) is 0 Å². The van der Waals surface area contributed by atoms with Crippen LogP contribution in [0.4, 0.5) is 23.8 Å². The van der Waals surface area contributed by atoms with E-state index in [2.05, 4.69) is 15.0 Å². The highest BCUT2D eigenvalue weighted by atomic mass is 35.5. The summed E-state index contributed by atoms with van der Waals surface area (Å²) in [4.78, 5) is 28.4. The number of aromatic hydroxyl groups is 1. The van der Waals surface area contributed by atoms with Gasteiger partial charge in [-0.3, -0.25) is 4.90 Å². The zero-order valence-corrected chi connectivity index (χ0v) is 26.4. The van der Waals surface area contributed by atoms with Gasteiger partial charge in [0.15, 0.2) is 5.82 Å². The Bertz CT molecular complexity index is 1970. The van der Waals surface area contributed by atoms with E-state index in [4.69, 9.17) is 21.3 Å². The van der Waals surface area contributed by atoms with Gasteiger partial charge in [-0.25, -0.2) is 18.0 Å². The van der Waals surface area contributed by atoms with Crippen LogP contribution in [0.5, 0.6) is 11.8 Å². The van der Waals surface area contributed by atoms with Crippen molar-refractivity contribution in [1.82, 2.24) is 29.5 Å². The number of alkyl halides is 1. The van der Waals surface area contributed by atoms with Crippen molar-refractivity contribution in [2.75, 3.05) is 37.7 Å². The highest BCUT2D eigenvalue weighted by Crippen LogP contribution is 2.45. The van der Waals surface area contributed by atoms with Gasteiger partial charge in [0, 0.05) is 37.0 Å². The molecule has 1 N–H and O–H groups in total. The quantitative estimate of drug-likeness (QED) is 0.300. The fourth-order valence-electron chi connectivity index (χ4n) is 8.09. The summed E-state index contributed by atoms with van der Waals surface area (Å²) in [6.45, 7) is 1.89. The van der Waals surface area contributed by atoms with E-state index in [0.717, 1.165) is 30.1 Å². The number of hydrogen-bond acceptors (Lipinski definition) is 9. The summed E-state index contributed by atoms with van der Waals surface area (Å²) in [5.74, 6) is -1.98. The molecule has 4 aromatic rings. The SMILES string of the molecule is N#Cc1cnn(C(=O)N2C3CCC2CN(c2nc(OC[C@@]45CCCN4C[C@H](F)C5)nc4c(F)c(-c5c(O)cccc5F)c(Cl)cc24)C3)c1. The molecular formula is C33H30ClF3N8O3. The van der Waals surface area contributed by atoms with Gasteiger partial charge >= 0.3 is 12.0 Å². The molecule has 48 heavy (non-hydrogen) atoms. The Morgan fingerprint density at radius 2 is 1.96 bits per heavy atom. The number of phenolic OH excluding ortho intramolecular Hbond substituents is 1. The summed E-state index contributed by atoms with van der Waals surface area (Å²) >= 11 is 6.63. The Balaban J connectivity index is 1.19. The highest BCUT2D eigenvalue weighted by Gasteiger charge is 2.50. The van der Waals surface area contributed by atoms with Crippen molar-refractivity contribution in [2.24, 2.45) is 0 Å². The summed E-state index contributed by atoms with van der Waals surface area (Å²) in [6.07, 6.45) is 5.15. The summed E-state index contributed by atoms with van der Waals surface area (Å²) in [5.41, 5.74) is -1.16. The average Bonchev–Trinajstić information content (AvgIpc) is 3.82. The number of hydrogen-bond donors (Lipinski definition) is 1. The van der Waals surface area contributed by atoms with Crippen LogP contribution < -0.4 is 9.64 Å². The first-order chi connectivity index (χ1) is 23.2. The van der Waals surface area contributed by atoms with Crippen molar-refractivity contribution < 1.29 is 27.8 Å². The predicted octanol–water partition coefficient (Wildman–Crippen LogP) is 5.28. The molecule has 4 aliphatic rings. The van der Waals surface area contributed by atoms with Crippen molar-refractivity contribution in [2.45, 2.75) is 55.9 Å². The molecule has 11 nitrogen and oxygen atoms in total. The van der Waals surface area contributed by atoms with Gasteiger partial charge in [0.05, 0.1) is 46.2 Å². The van der Waals surface area contributed by atoms with Crippen molar-refractivity contribution in [3.8, 4) is 29.0 Å². The topological polar surface area (TPSA) is 124 Å². The average molecular weight is 679 g/mol. The molecule has 4 aliphatic heterocycles. The van der Waals surface area contributed by atoms with E-state index in [9.17, 15) is 23.9 Å². The van der Waals surface area contributed by atoms with Gasteiger partial charge in [-0.05, 0) is 50.4 Å². The van der Waals surface area contributed by atoms with Crippen LogP contribution >= 0.6 is 11.6 Å². The molecule has 2 bridgehead atoms. The number of amides is 1. The van der Waals surface area contributed by atoms with Gasteiger partial charge < -0.3 is 19.6 Å². The maximum absolute atomic E-state index is 16.6. The van der Waals surface area contributed by atoms with E-state index in [1.807, 2.05) is 11.0 Å². The second kappa shape index (κ2) is 11.5. The fraction of sp³-hybridized carbons (Fsp3) is 0.424. The number of aromatic nitrogens is 4. The second-order valence-electron chi connectivity index (χ2n) is 13.0. The summed E-state index contributed by atoms with van der Waals surface area (Å²) in [5, 5.41) is 23.9. The number of fused-ring (bicyclic) bond motifs is 4. The lowest BCUT2D eigenvalue weighted by Gasteiger charge is -2.41. The molecule has 2 unspecified atom stereocenters. The normalized spacial score (nSPS) is 25.1. The maximum atomic E-state index is 16.6. The smallest absolute Gasteiger partial charge is 0.345 e. The van der Waals surface area contributed by atoms with Crippen molar-refractivity contribution >= 4 is 34.4 Å². The van der Waals surface area contributed by atoms with E-state index in [0.29, 0.717) is 44.7 Å². The zero-order valence-electron chi connectivity index (χ0n) is 25.6. The number of nitrogens with zero attached hydrogens (tertiary/aromatic N) is 8. The molecule has 248 valence electrons. The lowest BCUT2D eigenvalue weighted by molar-refractivity contribution is 0.107. The number of carbonyl (C=O) groups is 1. The minimum atomic E-state index is -0.972. The zero-order chi connectivity index (χ0) is 33.3. The molecule has 4 fully saturated rings. The molecule has 4 saturated heterocycles. The lowest BCUT2D eigenvalue weighted by atomic mass is 9.95. The molecule has 1 amide bonds. The molecule has 4 atom stereocenters. The summed E-state index contributed by atoms with van der Waals surface area (Å²) in [7, 11) is 0. The monoisotopic (exact) mass is 678 g/mol. The number of carbonyl (C=O) groups excluding carboxylic acids is 1. The standard InChI is InChI=1S/C33H30ClF3N8O3/c34-23-9-22-29(28(37)26(23)27-24(36)3-1-4-25(27)46)40-31(48-17-33-7-2-8-43(33)14-19(35)10-33)41-30(22)42-15-20-5-6-21(16-42)45(20)32(47)44-13-18(11-38)12-39-44/h1,3-4,9,12-13,19-21,46H,2,5-8,10,14-17H2/t19-,20?,21?,33+/m1/s1. The Hall–Kier alpha value is -4.61. The molecule has 0 aliphatic carbocycles. The van der Waals surface area contributed by atoms with Crippen LogP contribution in [-0.4, -0.2) is 97.3 Å². The molecule has 8 rings (SSSR count). The number of piperazine rings is 1. The molecule has 0 saturated carbocycles. The molecule has 0 radical (unpaired) electrons. The largest absolute Gasteiger partial charge is 0.507 e. The molecular weight excluding hydrogens is 649 g/mol. The van der Waals surface area contributed by atoms with E-state index in [-0.39, 0.29) is 57.8 Å². The third-order valence-corrected chi connectivity index (χ3v) is 10.5. The first-order valence-electron chi connectivity index (χ1n) is 15.9. The number of ether oxygens (including phenoxy) is 1. The number of halogens is 4. The second-order valence-corrected chi connectivity index (χ2v) is 13.4. The van der Waals surface area contributed by atoms with Crippen LogP contribution in [0.2, 0.25) is 5.02 Å². The first-order valence-corrected chi connectivity index (χ1v) is 16.3. The van der Waals surface area contributed by atoms with Gasteiger partial charge in [0.1, 0.15) is 41.7 Å². The van der Waals surface area contributed by atoms with Gasteiger partial charge in [0.2, 0.25) is 0 Å². The number of benzene rings is 2. The minimum Gasteiger partial charge on any atom is -0.507 e. The van der Waals surface area contributed by atoms with E-state index in [1.54, 1.807) is 4.90 Å². The maximum Gasteiger partial charge on any atom is 0.345 e. The third kappa shape index (κ3) is 4.90. The Morgan fingerprint density at radius 3 is 2.69 bits per heavy atom. The number of phenols is 1. The fourth-order valence-corrected chi connectivity index (χ4v) is 8.38. The minimum absolute atomic E-state index is 0.108. The van der Waals surface area contributed by atoms with Gasteiger partial charge in [-0.1, -0.05) is 17.7 Å². The number of nitriles is 1. The van der Waals surface area contributed by atoms with Crippen molar-refractivity contribution in [3.63, 3.8) is 0 Å². The molecule has 15 heteroatoms. The van der Waals surface area contributed by atoms with E-state index >= 15 is 4.39 Å². The van der Waals surface area contributed by atoms with E-state index < -0.39 is 34.7 Å². The van der Waals surface area contributed by atoms with E-state index in [1.165, 1.54) is 30.6 Å². The number of anilines is 1. The summed E-state index contributed by atoms with van der Waals surface area (Å²) in [6, 6.07) is 6.14. The van der Waals surface area contributed by atoms with Crippen molar-refractivity contribution in [3.05, 3.63) is 58.9 Å². The lowest BCUT2D eigenvalue weighted by Crippen LogP contribution is -2.57. The van der Waals surface area contributed by atoms with Crippen molar-refractivity contribution in [1.29, 1.82) is 5.26 Å². The van der Waals surface area contributed by atoms with Gasteiger partial charge in [-0.15, -0.1) is 0 Å². The van der Waals surface area contributed by atoms with Crippen LogP contribution in [-0.2, 0) is 0 Å². The van der Waals surface area contributed by atoms with Crippen LogP contribution in [0.25, 0.3) is 22.0 Å². The van der Waals surface area contributed by atoms with Crippen LogP contribution in [0, 0.1) is 23.0 Å². The highest BCUT2D eigenvalue weighted by molar-refractivity contribution is 6.34. The molecule has 2 aromatic heterocycles. The van der Waals surface area contributed by atoms with Gasteiger partial charge in [-0.2, -0.15) is 25.0 Å². The van der Waals surface area contributed by atoms with Gasteiger partial charge in [0.25, 0.3) is 0 Å². The predicted molar refractivity (Wildman–Crippen MR) is 169 cm³/mol.